The van der Waals surface area contributed by atoms with Crippen LogP contribution in [0.1, 0.15) is 19.3 Å². The predicted octanol–water partition coefficient (Wildman–Crippen LogP) is 2.62. The summed E-state index contributed by atoms with van der Waals surface area (Å²) in [6.07, 6.45) is 2.35. The number of carbonyl (C=O) groups is 1. The molecule has 0 aliphatic carbocycles. The topological polar surface area (TPSA) is 76.8 Å². The van der Waals surface area contributed by atoms with Crippen molar-refractivity contribution < 1.29 is 18.7 Å². The summed E-state index contributed by atoms with van der Waals surface area (Å²) in [7, 11) is 1.68. The second kappa shape index (κ2) is 8.04. The lowest BCUT2D eigenvalue weighted by Crippen LogP contribution is -2.52. The fraction of sp³-hybridized carbons (Fsp3) is 0.579. The van der Waals surface area contributed by atoms with Gasteiger partial charge in [0.1, 0.15) is 5.52 Å². The summed E-state index contributed by atoms with van der Waals surface area (Å²) in [5.74, 6) is 0.0658. The first-order valence-corrected chi connectivity index (χ1v) is 9.74. The lowest BCUT2D eigenvalue weighted by atomic mass is 9.95. The number of benzene rings is 1. The van der Waals surface area contributed by atoms with E-state index in [0.717, 1.165) is 37.9 Å². The van der Waals surface area contributed by atoms with Crippen molar-refractivity contribution in [1.29, 1.82) is 0 Å². The highest BCUT2D eigenvalue weighted by Crippen LogP contribution is 2.28. The van der Waals surface area contributed by atoms with Gasteiger partial charge in [-0.2, -0.15) is 4.98 Å². The minimum atomic E-state index is -0.0731. The zero-order chi connectivity index (χ0) is 18.8. The van der Waals surface area contributed by atoms with Gasteiger partial charge in [-0.15, -0.1) is 0 Å². The molecule has 0 radical (unpaired) electrons. The number of hydrogen-bond acceptors (Lipinski definition) is 6. The average Bonchev–Trinajstić information content (AvgIpc) is 3.11. The van der Waals surface area contributed by atoms with E-state index in [4.69, 9.17) is 25.5 Å². The summed E-state index contributed by atoms with van der Waals surface area (Å²) in [6, 6.07) is 5.94. The molecule has 8 heteroatoms. The molecule has 2 aliphatic heterocycles. The number of oxazole rings is 1. The van der Waals surface area contributed by atoms with E-state index in [0.29, 0.717) is 29.8 Å². The third-order valence-corrected chi connectivity index (χ3v) is 5.63. The van der Waals surface area contributed by atoms with Crippen molar-refractivity contribution in [3.63, 3.8) is 0 Å². The molecule has 0 saturated carbocycles. The van der Waals surface area contributed by atoms with Gasteiger partial charge in [-0.3, -0.25) is 4.79 Å². The van der Waals surface area contributed by atoms with Crippen molar-refractivity contribution in [3.8, 4) is 0 Å². The van der Waals surface area contributed by atoms with Crippen LogP contribution in [0.5, 0.6) is 0 Å². The van der Waals surface area contributed by atoms with Crippen LogP contribution in [0.2, 0.25) is 5.02 Å². The number of halogens is 1. The monoisotopic (exact) mass is 393 g/mol. The van der Waals surface area contributed by atoms with E-state index in [-0.39, 0.29) is 24.0 Å². The Hall–Kier alpha value is -1.83. The van der Waals surface area contributed by atoms with E-state index >= 15 is 0 Å². The molecule has 1 aromatic carbocycles. The molecule has 1 N–H and O–H groups in total. The maximum Gasteiger partial charge on any atom is 0.298 e. The van der Waals surface area contributed by atoms with E-state index in [9.17, 15) is 4.79 Å². The second-order valence-electron chi connectivity index (χ2n) is 7.12. The van der Waals surface area contributed by atoms with Gasteiger partial charge < -0.3 is 24.1 Å². The third-order valence-electron chi connectivity index (χ3n) is 5.40. The van der Waals surface area contributed by atoms with Crippen LogP contribution in [-0.2, 0) is 14.3 Å². The molecule has 0 spiro atoms. The van der Waals surface area contributed by atoms with Crippen molar-refractivity contribution in [2.24, 2.45) is 5.92 Å². The van der Waals surface area contributed by atoms with Gasteiger partial charge in [0.15, 0.2) is 5.58 Å². The number of carbonyl (C=O) groups excluding carboxylic acids is 1. The van der Waals surface area contributed by atoms with Gasteiger partial charge in [0.25, 0.3) is 6.01 Å². The molecule has 1 amide bonds. The zero-order valence-electron chi connectivity index (χ0n) is 15.3. The molecule has 2 aromatic rings. The molecule has 4 rings (SSSR count). The fourth-order valence-electron chi connectivity index (χ4n) is 3.79. The first kappa shape index (κ1) is 18.5. The highest BCUT2D eigenvalue weighted by atomic mass is 35.5. The first-order valence-electron chi connectivity index (χ1n) is 9.36. The number of fused-ring (bicyclic) bond motifs is 1. The van der Waals surface area contributed by atoms with Crippen molar-refractivity contribution in [3.05, 3.63) is 23.2 Å². The number of nitrogens with one attached hydrogen (secondary N) is 1. The summed E-state index contributed by atoms with van der Waals surface area (Å²) >= 11 is 6.00. The molecule has 2 aliphatic rings. The predicted molar refractivity (Wildman–Crippen MR) is 102 cm³/mol. The fourth-order valence-corrected chi connectivity index (χ4v) is 3.95. The average molecular weight is 394 g/mol. The largest absolute Gasteiger partial charge is 0.423 e. The Morgan fingerprint density at radius 2 is 2.15 bits per heavy atom. The van der Waals surface area contributed by atoms with Crippen LogP contribution in [0.15, 0.2) is 22.6 Å². The normalized spacial score (nSPS) is 24.3. The molecular formula is C19H24ClN3O4. The number of ether oxygens (including phenoxy) is 2. The molecule has 2 saturated heterocycles. The number of nitrogens with zero attached hydrogens (tertiary/aromatic N) is 2. The van der Waals surface area contributed by atoms with E-state index in [1.807, 2.05) is 6.07 Å². The molecule has 7 nitrogen and oxygen atoms in total. The van der Waals surface area contributed by atoms with E-state index in [1.165, 1.54) is 0 Å². The highest BCUT2D eigenvalue weighted by molar-refractivity contribution is 6.31. The second-order valence-corrected chi connectivity index (χ2v) is 7.56. The molecule has 146 valence electrons. The molecule has 2 atom stereocenters. The first-order chi connectivity index (χ1) is 13.1. The van der Waals surface area contributed by atoms with Crippen LogP contribution in [0.3, 0.4) is 0 Å². The number of piperidine rings is 1. The number of hydrogen-bond donors (Lipinski definition) is 1. The molecule has 3 heterocycles. The van der Waals surface area contributed by atoms with Crippen molar-refractivity contribution in [2.75, 3.05) is 38.3 Å². The van der Waals surface area contributed by atoms with Gasteiger partial charge in [-0.1, -0.05) is 11.6 Å². The number of rotatable bonds is 4. The SMILES string of the molecule is CO[C@@H]1CCOC[C@H]1NC(=O)C1CCN(c2nc3ccc(Cl)cc3o2)CC1. The van der Waals surface area contributed by atoms with Gasteiger partial charge in [0.2, 0.25) is 5.91 Å². The molecule has 2 fully saturated rings. The van der Waals surface area contributed by atoms with Crippen LogP contribution >= 0.6 is 11.6 Å². The number of amides is 1. The number of methoxy groups -OCH3 is 1. The van der Waals surface area contributed by atoms with Crippen LogP contribution in [0, 0.1) is 5.92 Å². The zero-order valence-corrected chi connectivity index (χ0v) is 16.1. The van der Waals surface area contributed by atoms with Crippen LogP contribution in [0.4, 0.5) is 6.01 Å². The Morgan fingerprint density at radius 3 is 2.93 bits per heavy atom. The van der Waals surface area contributed by atoms with Gasteiger partial charge in [0.05, 0.1) is 18.8 Å². The van der Waals surface area contributed by atoms with Gasteiger partial charge in [-0.25, -0.2) is 0 Å². The molecular weight excluding hydrogens is 370 g/mol. The van der Waals surface area contributed by atoms with Gasteiger partial charge in [0, 0.05) is 43.8 Å². The summed E-state index contributed by atoms with van der Waals surface area (Å²) in [4.78, 5) is 19.3. The smallest absolute Gasteiger partial charge is 0.298 e. The summed E-state index contributed by atoms with van der Waals surface area (Å²) in [5.41, 5.74) is 1.47. The molecule has 0 unspecified atom stereocenters. The van der Waals surface area contributed by atoms with E-state index < -0.39 is 0 Å². The third kappa shape index (κ3) is 4.05. The van der Waals surface area contributed by atoms with Crippen molar-refractivity contribution >= 4 is 34.6 Å². The van der Waals surface area contributed by atoms with Crippen LogP contribution in [-0.4, -0.2) is 56.5 Å². The Labute approximate surface area is 162 Å². The molecule has 1 aromatic heterocycles. The van der Waals surface area contributed by atoms with E-state index in [2.05, 4.69) is 15.2 Å². The summed E-state index contributed by atoms with van der Waals surface area (Å²) in [6.45, 7) is 2.65. The maximum absolute atomic E-state index is 12.7. The Morgan fingerprint density at radius 1 is 1.33 bits per heavy atom. The quantitative estimate of drug-likeness (QED) is 0.860. The minimum Gasteiger partial charge on any atom is -0.423 e. The standard InChI is InChI=1S/C19H24ClN3O4/c1-25-16-6-9-26-11-15(16)21-18(24)12-4-7-23(8-5-12)19-22-14-3-2-13(20)10-17(14)27-19/h2-3,10,12,15-16H,4-9,11H2,1H3,(H,21,24)/t15-,16-/m1/s1. The van der Waals surface area contributed by atoms with Crippen LogP contribution in [0.25, 0.3) is 11.1 Å². The lowest BCUT2D eigenvalue weighted by Gasteiger charge is -2.34. The minimum absolute atomic E-state index is 0.0143. The maximum atomic E-state index is 12.7. The highest BCUT2D eigenvalue weighted by Gasteiger charge is 2.32. The van der Waals surface area contributed by atoms with Gasteiger partial charge in [-0.05, 0) is 31.4 Å². The van der Waals surface area contributed by atoms with Crippen LogP contribution < -0.4 is 10.2 Å². The Kier molecular flexibility index (Phi) is 5.52. The summed E-state index contributed by atoms with van der Waals surface area (Å²) < 4.78 is 16.8. The number of anilines is 1. The number of aromatic nitrogens is 1. The summed E-state index contributed by atoms with van der Waals surface area (Å²) in [5, 5.41) is 3.74. The molecule has 0 bridgehead atoms. The Bertz CT molecular complexity index is 803. The van der Waals surface area contributed by atoms with E-state index in [1.54, 1.807) is 19.2 Å². The van der Waals surface area contributed by atoms with Crippen molar-refractivity contribution in [1.82, 2.24) is 10.3 Å². The Balaban J connectivity index is 1.34. The van der Waals surface area contributed by atoms with Crippen molar-refractivity contribution in [2.45, 2.75) is 31.4 Å². The van der Waals surface area contributed by atoms with Gasteiger partial charge >= 0.3 is 0 Å². The molecule has 27 heavy (non-hydrogen) atoms. The lowest BCUT2D eigenvalue weighted by molar-refractivity contribution is -0.129.